The molecule has 0 N–H and O–H groups in total. The van der Waals surface area contributed by atoms with E-state index in [-0.39, 0.29) is 44.6 Å². The van der Waals surface area contributed by atoms with Crippen LogP contribution in [0.2, 0.25) is 0 Å². The predicted octanol–water partition coefficient (Wildman–Crippen LogP) is 2.11. The second-order valence-electron chi connectivity index (χ2n) is 2.83. The maximum atomic E-state index is 4.80. The van der Waals surface area contributed by atoms with E-state index in [0.29, 0.717) is 0 Å². The largest absolute Gasteiger partial charge is 2.00 e. The maximum absolute atomic E-state index is 4.80. The van der Waals surface area contributed by atoms with Gasteiger partial charge in [0.2, 0.25) is 0 Å². The van der Waals surface area contributed by atoms with Gasteiger partial charge in [-0.3, -0.25) is 0 Å². The van der Waals surface area contributed by atoms with Crippen molar-refractivity contribution in [2.75, 3.05) is 0 Å². The summed E-state index contributed by atoms with van der Waals surface area (Å²) in [7, 11) is 0. The third-order valence-corrected chi connectivity index (χ3v) is 1.05. The second kappa shape index (κ2) is 13.1. The molecule has 0 heterocycles. The van der Waals surface area contributed by atoms with Crippen molar-refractivity contribution in [2.24, 2.45) is 0 Å². The first kappa shape index (κ1) is 21.3. The molecule has 2 nitrogen and oxygen atoms in total. The monoisotopic (exact) mass is 400 g/mol. The average Bonchev–Trinajstić information content (AvgIpc) is 1.79. The van der Waals surface area contributed by atoms with Gasteiger partial charge in [-0.2, -0.15) is 0 Å². The molecular weight excluding hydrogens is 384 g/mol. The van der Waals surface area contributed by atoms with Crippen LogP contribution in [0, 0.1) is 0 Å². The molecule has 0 amide bonds. The number of thiocarbonyl (C=S) groups is 2. The molecule has 0 bridgehead atoms. The van der Waals surface area contributed by atoms with E-state index in [4.69, 9.17) is 9.47 Å². The van der Waals surface area contributed by atoms with E-state index in [1.165, 1.54) is 0 Å². The van der Waals surface area contributed by atoms with E-state index in [1.54, 1.807) is 0 Å². The fourth-order valence-electron chi connectivity index (χ4n) is 0.385. The van der Waals surface area contributed by atoms with Gasteiger partial charge in [0, 0.05) is 8.77 Å². The van der Waals surface area contributed by atoms with Crippen LogP contribution in [0.5, 0.6) is 0 Å². The Bertz CT molecular complexity index is 165. The maximum Gasteiger partial charge on any atom is 2.00 e. The molecule has 88 valence electrons. The summed E-state index contributed by atoms with van der Waals surface area (Å²) in [5.74, 6) is 0. The molecule has 7 heteroatoms. The average molecular weight is 398 g/mol. The molecule has 0 spiro atoms. The number of hydrogen-bond donors (Lipinski definition) is 0. The summed E-state index contributed by atoms with van der Waals surface area (Å²) in [6, 6.07) is 0. The zero-order chi connectivity index (χ0) is 11.7. The first-order chi connectivity index (χ1) is 6.25. The third kappa shape index (κ3) is 31.3. The van der Waals surface area contributed by atoms with Gasteiger partial charge < -0.3 is 59.2 Å². The quantitative estimate of drug-likeness (QED) is 0.400. The Morgan fingerprint density at radius 2 is 1.07 bits per heavy atom. The molecule has 0 saturated carbocycles. The summed E-state index contributed by atoms with van der Waals surface area (Å²) in [5.41, 5.74) is 0. The summed E-state index contributed by atoms with van der Waals surface area (Å²) in [6.45, 7) is 7.55. The number of hydrogen-bond acceptors (Lipinski definition) is 6. The fourth-order valence-corrected chi connectivity index (χ4v) is 1.15. The van der Waals surface area contributed by atoms with Crippen LogP contribution in [0.4, 0.5) is 0 Å². The Kier molecular flexibility index (Phi) is 18.6. The topological polar surface area (TPSA) is 18.5 Å². The van der Waals surface area contributed by atoms with Crippen LogP contribution in [-0.4, -0.2) is 44.6 Å². The summed E-state index contributed by atoms with van der Waals surface area (Å²) in [4.78, 5) is 0. The van der Waals surface area contributed by atoms with Crippen LogP contribution in [0.3, 0.4) is 0 Å². The summed E-state index contributed by atoms with van der Waals surface area (Å²) < 4.78 is 10.0. The predicted molar refractivity (Wildman–Crippen MR) is 78.1 cm³/mol. The van der Waals surface area contributed by atoms with Crippen molar-refractivity contribution >= 4 is 82.1 Å². The summed E-state index contributed by atoms with van der Waals surface area (Å²) in [6.07, 6.45) is 0.259. The normalized spacial score (nSPS) is 8.40. The molecule has 0 aromatic rings. The Balaban J connectivity index is -0.000000180. The van der Waals surface area contributed by atoms with Crippen molar-refractivity contribution in [1.29, 1.82) is 0 Å². The minimum absolute atomic E-state index is 0. The minimum Gasteiger partial charge on any atom is -0.511 e. The van der Waals surface area contributed by atoms with E-state index in [1.807, 2.05) is 27.7 Å². The molecule has 0 aliphatic heterocycles. The standard InChI is InChI=1S/2C4H8OS2.Te/c2*1-3(2)5-4(6)7;/h2*3H,1-2H3,(H,6,7);/q;;+2/p-2. The molecule has 15 heavy (non-hydrogen) atoms. The van der Waals surface area contributed by atoms with Crippen LogP contribution >= 0.6 is 24.4 Å². The number of ether oxygens (including phenoxy) is 2. The van der Waals surface area contributed by atoms with Gasteiger partial charge >= 0.3 is 23.7 Å². The van der Waals surface area contributed by atoms with Gasteiger partial charge in [0.1, 0.15) is 0 Å². The van der Waals surface area contributed by atoms with E-state index >= 15 is 0 Å². The molecule has 0 aromatic heterocycles. The van der Waals surface area contributed by atoms with Crippen LogP contribution in [-0.2, 0) is 34.7 Å². The molecule has 0 rings (SSSR count). The fraction of sp³-hybridized carbons (Fsp3) is 0.750. The Morgan fingerprint density at radius 3 is 1.07 bits per heavy atom. The molecule has 4 radical (unpaired) electrons. The Hall–Kier alpha value is 1.01. The summed E-state index contributed by atoms with van der Waals surface area (Å²) >= 11 is 17.9. The number of rotatable bonds is 2. The molecule has 0 aliphatic carbocycles. The van der Waals surface area contributed by atoms with Crippen molar-refractivity contribution < 1.29 is 9.47 Å². The third-order valence-electron chi connectivity index (χ3n) is 0.664. The molecular formula is C8H14O2S4Te. The first-order valence-corrected chi connectivity index (χ1v) is 5.64. The minimum atomic E-state index is 0. The van der Waals surface area contributed by atoms with Crippen molar-refractivity contribution in [2.45, 2.75) is 39.9 Å². The van der Waals surface area contributed by atoms with Gasteiger partial charge in [-0.15, -0.1) is 0 Å². The van der Waals surface area contributed by atoms with Gasteiger partial charge in [0.05, 0.1) is 12.2 Å². The van der Waals surface area contributed by atoms with Crippen LogP contribution in [0.25, 0.3) is 0 Å². The molecule has 0 aliphatic rings. The van der Waals surface area contributed by atoms with E-state index in [9.17, 15) is 0 Å². The van der Waals surface area contributed by atoms with Crippen LogP contribution in [0.1, 0.15) is 27.7 Å². The van der Waals surface area contributed by atoms with Crippen molar-refractivity contribution in [3.63, 3.8) is 0 Å². The Morgan fingerprint density at radius 1 is 0.867 bits per heavy atom. The second-order valence-corrected chi connectivity index (χ2v) is 4.83. The van der Waals surface area contributed by atoms with Crippen molar-refractivity contribution in [1.82, 2.24) is 0 Å². The molecule has 0 aromatic carbocycles. The smallest absolute Gasteiger partial charge is 0.511 e. The Labute approximate surface area is 130 Å². The SMILES string of the molecule is CC(C)OC(=S)[S-].CC(C)OC(=S)[S-].[Te+2]. The van der Waals surface area contributed by atoms with Gasteiger partial charge in [-0.25, -0.2) is 0 Å². The van der Waals surface area contributed by atoms with Gasteiger partial charge in [0.25, 0.3) is 0 Å². The molecule has 0 fully saturated rings. The van der Waals surface area contributed by atoms with Crippen LogP contribution in [0.15, 0.2) is 0 Å². The van der Waals surface area contributed by atoms with Crippen molar-refractivity contribution in [3.8, 4) is 0 Å². The summed E-state index contributed by atoms with van der Waals surface area (Å²) in [5, 5.41) is 0. The van der Waals surface area contributed by atoms with Gasteiger partial charge in [-0.1, -0.05) is 0 Å². The van der Waals surface area contributed by atoms with E-state index in [0.717, 1.165) is 0 Å². The molecule has 0 atom stereocenters. The van der Waals surface area contributed by atoms with Crippen LogP contribution < -0.4 is 0 Å². The zero-order valence-electron chi connectivity index (χ0n) is 9.01. The molecule has 0 unspecified atom stereocenters. The van der Waals surface area contributed by atoms with E-state index in [2.05, 4.69) is 49.7 Å². The van der Waals surface area contributed by atoms with Crippen molar-refractivity contribution in [3.05, 3.63) is 0 Å². The van der Waals surface area contributed by atoms with Gasteiger partial charge in [0.15, 0.2) is 0 Å². The van der Waals surface area contributed by atoms with E-state index < -0.39 is 0 Å². The van der Waals surface area contributed by atoms with Gasteiger partial charge in [-0.05, 0) is 27.7 Å². The molecule has 0 saturated heterocycles. The zero-order valence-corrected chi connectivity index (χ0v) is 14.6. The first-order valence-electron chi connectivity index (χ1n) is 4.01.